The minimum atomic E-state index is -4.66. The number of rotatable bonds is 2. The van der Waals surface area contributed by atoms with Crippen LogP contribution in [-0.2, 0) is 6.18 Å². The number of urea groups is 1. The van der Waals surface area contributed by atoms with Gasteiger partial charge in [0.1, 0.15) is 5.82 Å². The molecule has 122 valence electrons. The zero-order valence-corrected chi connectivity index (χ0v) is 12.7. The van der Waals surface area contributed by atoms with Gasteiger partial charge >= 0.3 is 12.2 Å². The van der Waals surface area contributed by atoms with Crippen molar-refractivity contribution >= 4 is 40.6 Å². The first-order valence-corrected chi connectivity index (χ1v) is 6.82. The summed E-state index contributed by atoms with van der Waals surface area (Å²) >= 11 is 11.1. The molecule has 0 radical (unpaired) electrons. The van der Waals surface area contributed by atoms with Crippen LogP contribution < -0.4 is 10.6 Å². The Hall–Kier alpha value is -1.99. The molecule has 2 amide bonds. The van der Waals surface area contributed by atoms with Gasteiger partial charge in [-0.15, -0.1) is 0 Å². The van der Waals surface area contributed by atoms with Gasteiger partial charge in [-0.3, -0.25) is 0 Å². The molecule has 2 rings (SSSR count). The molecule has 0 saturated carbocycles. The lowest BCUT2D eigenvalue weighted by molar-refractivity contribution is -0.137. The van der Waals surface area contributed by atoms with E-state index >= 15 is 0 Å². The summed E-state index contributed by atoms with van der Waals surface area (Å²) in [7, 11) is 0. The average molecular weight is 367 g/mol. The maximum atomic E-state index is 13.5. The highest BCUT2D eigenvalue weighted by molar-refractivity contribution is 6.31. The van der Waals surface area contributed by atoms with E-state index < -0.39 is 28.6 Å². The van der Waals surface area contributed by atoms with E-state index in [9.17, 15) is 22.4 Å². The molecule has 2 aromatic rings. The fourth-order valence-electron chi connectivity index (χ4n) is 1.70. The molecule has 0 aliphatic carbocycles. The van der Waals surface area contributed by atoms with Crippen molar-refractivity contribution in [3.63, 3.8) is 0 Å². The Morgan fingerprint density at radius 1 is 1.00 bits per heavy atom. The lowest BCUT2D eigenvalue weighted by Gasteiger charge is -2.12. The van der Waals surface area contributed by atoms with E-state index in [-0.39, 0.29) is 16.4 Å². The summed E-state index contributed by atoms with van der Waals surface area (Å²) in [6.45, 7) is 0. The van der Waals surface area contributed by atoms with Crippen LogP contribution in [0.1, 0.15) is 5.56 Å². The van der Waals surface area contributed by atoms with Crippen LogP contribution in [0.4, 0.5) is 33.7 Å². The van der Waals surface area contributed by atoms with E-state index in [4.69, 9.17) is 23.2 Å². The molecule has 2 N–H and O–H groups in total. The topological polar surface area (TPSA) is 41.1 Å². The predicted octanol–water partition coefficient (Wildman–Crippen LogP) is 5.80. The Bertz CT molecular complexity index is 750. The van der Waals surface area contributed by atoms with Crippen LogP contribution in [0.25, 0.3) is 0 Å². The fraction of sp³-hybridized carbons (Fsp3) is 0.0714. The van der Waals surface area contributed by atoms with Crippen molar-refractivity contribution in [1.29, 1.82) is 0 Å². The SMILES string of the molecule is O=C(Nc1ccc(Cl)c(C(F)(F)F)c1)Nc1cc(Cl)ccc1F. The summed E-state index contributed by atoms with van der Waals surface area (Å²) in [4.78, 5) is 11.7. The lowest BCUT2D eigenvalue weighted by Crippen LogP contribution is -2.20. The zero-order chi connectivity index (χ0) is 17.2. The number of anilines is 2. The number of alkyl halides is 3. The van der Waals surface area contributed by atoms with Crippen molar-refractivity contribution in [2.45, 2.75) is 6.18 Å². The molecule has 0 unspecified atom stereocenters. The van der Waals surface area contributed by atoms with Crippen LogP contribution in [0.2, 0.25) is 10.0 Å². The molecule has 0 aliphatic heterocycles. The lowest BCUT2D eigenvalue weighted by atomic mass is 10.2. The Labute approximate surface area is 138 Å². The summed E-state index contributed by atoms with van der Waals surface area (Å²) in [6, 6.07) is 5.43. The summed E-state index contributed by atoms with van der Waals surface area (Å²) in [6.07, 6.45) is -4.66. The van der Waals surface area contributed by atoms with E-state index in [1.54, 1.807) is 0 Å². The second-order valence-corrected chi connectivity index (χ2v) is 5.24. The molecular weight excluding hydrogens is 359 g/mol. The quantitative estimate of drug-likeness (QED) is 0.648. The van der Waals surface area contributed by atoms with E-state index in [2.05, 4.69) is 10.6 Å². The van der Waals surface area contributed by atoms with E-state index in [1.807, 2.05) is 0 Å². The maximum Gasteiger partial charge on any atom is 0.417 e. The fourth-order valence-corrected chi connectivity index (χ4v) is 2.10. The van der Waals surface area contributed by atoms with Gasteiger partial charge in [-0.05, 0) is 36.4 Å². The van der Waals surface area contributed by atoms with Crippen LogP contribution in [0.3, 0.4) is 0 Å². The number of amides is 2. The molecule has 0 spiro atoms. The van der Waals surface area contributed by atoms with Crippen molar-refractivity contribution in [2.75, 3.05) is 10.6 Å². The number of hydrogen-bond acceptors (Lipinski definition) is 1. The first-order chi connectivity index (χ1) is 10.7. The molecule has 0 heterocycles. The minimum absolute atomic E-state index is 0.151. The molecule has 2 aromatic carbocycles. The van der Waals surface area contributed by atoms with Crippen molar-refractivity contribution in [2.24, 2.45) is 0 Å². The number of carbonyl (C=O) groups excluding carboxylic acids is 1. The van der Waals surface area contributed by atoms with Gasteiger partial charge < -0.3 is 10.6 Å². The highest BCUT2D eigenvalue weighted by Crippen LogP contribution is 2.36. The monoisotopic (exact) mass is 366 g/mol. The Morgan fingerprint density at radius 2 is 1.70 bits per heavy atom. The number of halogens is 6. The molecular formula is C14H8Cl2F4N2O. The molecule has 0 atom stereocenters. The summed E-state index contributed by atoms with van der Waals surface area (Å²) in [5.74, 6) is -0.739. The Morgan fingerprint density at radius 3 is 2.35 bits per heavy atom. The Balaban J connectivity index is 2.16. The molecule has 0 saturated heterocycles. The third kappa shape index (κ3) is 4.49. The first kappa shape index (κ1) is 17.4. The van der Waals surface area contributed by atoms with E-state index in [1.165, 1.54) is 18.2 Å². The summed E-state index contributed by atoms with van der Waals surface area (Å²) in [5.41, 5.74) is -1.45. The normalized spacial score (nSPS) is 11.2. The minimum Gasteiger partial charge on any atom is -0.308 e. The third-order valence-electron chi connectivity index (χ3n) is 2.71. The number of nitrogens with one attached hydrogen (secondary N) is 2. The number of benzene rings is 2. The van der Waals surface area contributed by atoms with Gasteiger partial charge in [0.2, 0.25) is 0 Å². The second kappa shape index (κ2) is 6.64. The van der Waals surface area contributed by atoms with Crippen LogP contribution in [0, 0.1) is 5.82 Å². The first-order valence-electron chi connectivity index (χ1n) is 6.06. The Kier molecular flexibility index (Phi) is 5.01. The smallest absolute Gasteiger partial charge is 0.308 e. The molecule has 0 fully saturated rings. The van der Waals surface area contributed by atoms with Crippen LogP contribution in [0.15, 0.2) is 36.4 Å². The molecule has 0 aliphatic rings. The molecule has 9 heteroatoms. The second-order valence-electron chi connectivity index (χ2n) is 4.40. The van der Waals surface area contributed by atoms with Gasteiger partial charge in [0, 0.05) is 10.7 Å². The van der Waals surface area contributed by atoms with Crippen LogP contribution in [0.5, 0.6) is 0 Å². The third-order valence-corrected chi connectivity index (χ3v) is 3.27. The maximum absolute atomic E-state index is 13.5. The van der Waals surface area contributed by atoms with E-state index in [0.29, 0.717) is 6.07 Å². The molecule has 3 nitrogen and oxygen atoms in total. The standard InChI is InChI=1S/C14H8Cl2F4N2O/c15-7-1-4-11(17)12(5-7)22-13(23)21-8-2-3-10(16)9(6-8)14(18,19)20/h1-6H,(H2,21,22,23). The van der Waals surface area contributed by atoms with Crippen LogP contribution >= 0.6 is 23.2 Å². The number of hydrogen-bond donors (Lipinski definition) is 2. The largest absolute Gasteiger partial charge is 0.417 e. The predicted molar refractivity (Wildman–Crippen MR) is 80.5 cm³/mol. The van der Waals surface area contributed by atoms with E-state index in [0.717, 1.165) is 12.1 Å². The van der Waals surface area contributed by atoms with Gasteiger partial charge in [0.15, 0.2) is 0 Å². The molecule has 23 heavy (non-hydrogen) atoms. The zero-order valence-electron chi connectivity index (χ0n) is 11.1. The average Bonchev–Trinajstić information content (AvgIpc) is 2.44. The van der Waals surface area contributed by atoms with Gasteiger partial charge in [0.05, 0.1) is 16.3 Å². The van der Waals surface area contributed by atoms with Gasteiger partial charge in [-0.25, -0.2) is 9.18 Å². The highest BCUT2D eigenvalue weighted by Gasteiger charge is 2.33. The van der Waals surface area contributed by atoms with Gasteiger partial charge in [0.25, 0.3) is 0 Å². The summed E-state index contributed by atoms with van der Waals surface area (Å²) in [5, 5.41) is 4.00. The van der Waals surface area contributed by atoms with Crippen molar-refractivity contribution in [1.82, 2.24) is 0 Å². The van der Waals surface area contributed by atoms with Gasteiger partial charge in [-0.2, -0.15) is 13.2 Å². The van der Waals surface area contributed by atoms with Crippen molar-refractivity contribution in [3.05, 3.63) is 57.8 Å². The van der Waals surface area contributed by atoms with Crippen molar-refractivity contribution in [3.8, 4) is 0 Å². The van der Waals surface area contributed by atoms with Gasteiger partial charge in [-0.1, -0.05) is 23.2 Å². The number of carbonyl (C=O) groups is 1. The summed E-state index contributed by atoms with van der Waals surface area (Å²) < 4.78 is 51.7. The highest BCUT2D eigenvalue weighted by atomic mass is 35.5. The van der Waals surface area contributed by atoms with Crippen LogP contribution in [-0.4, -0.2) is 6.03 Å². The van der Waals surface area contributed by atoms with Crippen molar-refractivity contribution < 1.29 is 22.4 Å². The molecule has 0 bridgehead atoms. The molecule has 0 aromatic heterocycles.